The lowest BCUT2D eigenvalue weighted by Gasteiger charge is -2.11. The Bertz CT molecular complexity index is 767. The van der Waals surface area contributed by atoms with Gasteiger partial charge in [-0.05, 0) is 16.8 Å². The SMILES string of the molecule is CN(C)c1nc(N)nc(-c2ccc3ccccc3c2)n1. The predicted molar refractivity (Wildman–Crippen MR) is 81.5 cm³/mol. The second-order valence-corrected chi connectivity index (χ2v) is 4.77. The van der Waals surface area contributed by atoms with Gasteiger partial charge in [0.1, 0.15) is 0 Å². The van der Waals surface area contributed by atoms with Crippen LogP contribution in [-0.2, 0) is 0 Å². The van der Waals surface area contributed by atoms with Crippen molar-refractivity contribution >= 4 is 22.7 Å². The van der Waals surface area contributed by atoms with Gasteiger partial charge in [0, 0.05) is 19.7 Å². The van der Waals surface area contributed by atoms with E-state index in [1.807, 2.05) is 37.2 Å². The lowest BCUT2D eigenvalue weighted by Crippen LogP contribution is -2.15. The molecule has 20 heavy (non-hydrogen) atoms. The molecule has 3 rings (SSSR count). The Morgan fingerprint density at radius 3 is 2.40 bits per heavy atom. The molecule has 100 valence electrons. The van der Waals surface area contributed by atoms with Crippen LogP contribution in [0, 0.1) is 0 Å². The van der Waals surface area contributed by atoms with Crippen LogP contribution in [0.4, 0.5) is 11.9 Å². The Kier molecular flexibility index (Phi) is 2.95. The largest absolute Gasteiger partial charge is 0.368 e. The molecule has 2 N–H and O–H groups in total. The third-order valence-electron chi connectivity index (χ3n) is 3.05. The topological polar surface area (TPSA) is 67.9 Å². The summed E-state index contributed by atoms with van der Waals surface area (Å²) in [5.41, 5.74) is 6.69. The molecular formula is C15H15N5. The van der Waals surface area contributed by atoms with Crippen molar-refractivity contribution < 1.29 is 0 Å². The van der Waals surface area contributed by atoms with E-state index in [0.717, 1.165) is 10.9 Å². The van der Waals surface area contributed by atoms with E-state index in [9.17, 15) is 0 Å². The molecule has 0 radical (unpaired) electrons. The van der Waals surface area contributed by atoms with E-state index < -0.39 is 0 Å². The predicted octanol–water partition coefficient (Wildman–Crippen LogP) is 2.34. The minimum absolute atomic E-state index is 0.229. The van der Waals surface area contributed by atoms with Crippen LogP contribution in [0.25, 0.3) is 22.2 Å². The van der Waals surface area contributed by atoms with Crippen LogP contribution in [0.2, 0.25) is 0 Å². The highest BCUT2D eigenvalue weighted by Gasteiger charge is 2.08. The summed E-state index contributed by atoms with van der Waals surface area (Å²) in [6.45, 7) is 0. The van der Waals surface area contributed by atoms with Crippen molar-refractivity contribution in [1.82, 2.24) is 15.0 Å². The quantitative estimate of drug-likeness (QED) is 0.770. The number of anilines is 2. The Balaban J connectivity index is 2.15. The third-order valence-corrected chi connectivity index (χ3v) is 3.05. The second kappa shape index (κ2) is 4.77. The van der Waals surface area contributed by atoms with Crippen LogP contribution in [-0.4, -0.2) is 29.0 Å². The molecule has 0 atom stereocenters. The summed E-state index contributed by atoms with van der Waals surface area (Å²) in [6.07, 6.45) is 0. The number of aromatic nitrogens is 3. The zero-order valence-corrected chi connectivity index (χ0v) is 11.4. The van der Waals surface area contributed by atoms with Gasteiger partial charge in [0.2, 0.25) is 11.9 Å². The standard InChI is InChI=1S/C15H15N5/c1-20(2)15-18-13(17-14(16)19-15)12-8-7-10-5-3-4-6-11(10)9-12/h3-9H,1-2H3,(H2,16,17,18,19). The summed E-state index contributed by atoms with van der Waals surface area (Å²) in [7, 11) is 3.75. The van der Waals surface area contributed by atoms with Gasteiger partial charge in [-0.25, -0.2) is 0 Å². The number of nitrogens with zero attached hydrogens (tertiary/aromatic N) is 4. The molecular weight excluding hydrogens is 250 g/mol. The number of benzene rings is 2. The number of fused-ring (bicyclic) bond motifs is 1. The average Bonchev–Trinajstić information content (AvgIpc) is 2.46. The molecule has 0 unspecified atom stereocenters. The Morgan fingerprint density at radius 1 is 0.900 bits per heavy atom. The summed E-state index contributed by atoms with van der Waals surface area (Å²) in [4.78, 5) is 14.6. The van der Waals surface area contributed by atoms with Crippen LogP contribution < -0.4 is 10.6 Å². The first kappa shape index (κ1) is 12.3. The van der Waals surface area contributed by atoms with E-state index in [-0.39, 0.29) is 5.95 Å². The molecule has 0 fully saturated rings. The van der Waals surface area contributed by atoms with Gasteiger partial charge >= 0.3 is 0 Å². The third kappa shape index (κ3) is 2.25. The fourth-order valence-corrected chi connectivity index (χ4v) is 2.04. The van der Waals surface area contributed by atoms with Gasteiger partial charge in [-0.15, -0.1) is 0 Å². The summed E-state index contributed by atoms with van der Waals surface area (Å²) in [6, 6.07) is 14.3. The van der Waals surface area contributed by atoms with Crippen LogP contribution >= 0.6 is 0 Å². The maximum atomic E-state index is 5.76. The van der Waals surface area contributed by atoms with E-state index in [2.05, 4.69) is 39.2 Å². The first-order chi connectivity index (χ1) is 9.63. The van der Waals surface area contributed by atoms with Crippen LogP contribution in [0.1, 0.15) is 0 Å². The van der Waals surface area contributed by atoms with Gasteiger partial charge in [-0.1, -0.05) is 36.4 Å². The molecule has 0 amide bonds. The number of hydrogen-bond acceptors (Lipinski definition) is 5. The number of nitrogen functional groups attached to an aromatic ring is 1. The molecule has 0 aliphatic rings. The van der Waals surface area contributed by atoms with Crippen molar-refractivity contribution in [2.75, 3.05) is 24.7 Å². The summed E-state index contributed by atoms with van der Waals surface area (Å²) < 4.78 is 0. The fourth-order valence-electron chi connectivity index (χ4n) is 2.04. The Hall–Kier alpha value is -2.69. The van der Waals surface area contributed by atoms with Crippen molar-refractivity contribution in [3.8, 4) is 11.4 Å². The van der Waals surface area contributed by atoms with Crippen molar-refractivity contribution in [3.63, 3.8) is 0 Å². The summed E-state index contributed by atoms with van der Waals surface area (Å²) >= 11 is 0. The first-order valence-corrected chi connectivity index (χ1v) is 6.31. The minimum Gasteiger partial charge on any atom is -0.368 e. The maximum absolute atomic E-state index is 5.76. The van der Waals surface area contributed by atoms with Crippen molar-refractivity contribution in [1.29, 1.82) is 0 Å². The monoisotopic (exact) mass is 265 g/mol. The van der Waals surface area contributed by atoms with Crippen molar-refractivity contribution in [2.45, 2.75) is 0 Å². The highest BCUT2D eigenvalue weighted by Crippen LogP contribution is 2.23. The Labute approximate surface area is 117 Å². The molecule has 1 heterocycles. The average molecular weight is 265 g/mol. The molecule has 0 bridgehead atoms. The van der Waals surface area contributed by atoms with Crippen molar-refractivity contribution in [3.05, 3.63) is 42.5 Å². The fraction of sp³-hybridized carbons (Fsp3) is 0.133. The van der Waals surface area contributed by atoms with E-state index >= 15 is 0 Å². The first-order valence-electron chi connectivity index (χ1n) is 6.31. The smallest absolute Gasteiger partial charge is 0.230 e. The van der Waals surface area contributed by atoms with Gasteiger partial charge in [-0.2, -0.15) is 15.0 Å². The van der Waals surface area contributed by atoms with Crippen LogP contribution in [0.5, 0.6) is 0 Å². The number of hydrogen-bond donors (Lipinski definition) is 1. The van der Waals surface area contributed by atoms with Gasteiger partial charge in [-0.3, -0.25) is 0 Å². The molecule has 0 aliphatic carbocycles. The normalized spacial score (nSPS) is 10.7. The molecule has 0 spiro atoms. The number of nitrogens with two attached hydrogens (primary N) is 1. The molecule has 5 nitrogen and oxygen atoms in total. The Morgan fingerprint density at radius 2 is 1.65 bits per heavy atom. The zero-order chi connectivity index (χ0) is 14.1. The molecule has 0 saturated heterocycles. The van der Waals surface area contributed by atoms with Gasteiger partial charge in [0.05, 0.1) is 0 Å². The minimum atomic E-state index is 0.229. The lowest BCUT2D eigenvalue weighted by atomic mass is 10.1. The van der Waals surface area contributed by atoms with Crippen molar-refractivity contribution in [2.24, 2.45) is 0 Å². The molecule has 2 aromatic carbocycles. The summed E-state index contributed by atoms with van der Waals surface area (Å²) in [5.74, 6) is 1.37. The van der Waals surface area contributed by atoms with Gasteiger partial charge in [0.25, 0.3) is 0 Å². The van der Waals surface area contributed by atoms with Gasteiger partial charge in [0.15, 0.2) is 5.82 Å². The van der Waals surface area contributed by atoms with E-state index in [0.29, 0.717) is 11.8 Å². The van der Waals surface area contributed by atoms with Crippen LogP contribution in [0.15, 0.2) is 42.5 Å². The zero-order valence-electron chi connectivity index (χ0n) is 11.4. The molecule has 5 heteroatoms. The van der Waals surface area contributed by atoms with Gasteiger partial charge < -0.3 is 10.6 Å². The maximum Gasteiger partial charge on any atom is 0.230 e. The number of rotatable bonds is 2. The molecule has 1 aromatic heterocycles. The highest BCUT2D eigenvalue weighted by molar-refractivity contribution is 5.86. The summed E-state index contributed by atoms with van der Waals surface area (Å²) in [5, 5.41) is 2.33. The highest BCUT2D eigenvalue weighted by atomic mass is 15.3. The van der Waals surface area contributed by atoms with Crippen LogP contribution in [0.3, 0.4) is 0 Å². The molecule has 0 aliphatic heterocycles. The molecule has 0 saturated carbocycles. The van der Waals surface area contributed by atoms with E-state index in [1.165, 1.54) is 5.39 Å². The van der Waals surface area contributed by atoms with E-state index in [4.69, 9.17) is 5.73 Å². The molecule has 3 aromatic rings. The lowest BCUT2D eigenvalue weighted by molar-refractivity contribution is 0.970. The second-order valence-electron chi connectivity index (χ2n) is 4.77. The van der Waals surface area contributed by atoms with E-state index in [1.54, 1.807) is 0 Å².